The molecule has 2 aromatic rings. The quantitative estimate of drug-likeness (QED) is 0.811. The molecule has 0 aliphatic heterocycles. The summed E-state index contributed by atoms with van der Waals surface area (Å²) in [5.74, 6) is -0.428. The standard InChI is InChI=1S/C15H11ClF2N2O2S/c16-12-4-2-1-3-11(12)13(21)20-15(23)19-9-5-7-10(8-6-9)22-14(17)18/h1-8,14H,(H2,19,20,21,23). The summed E-state index contributed by atoms with van der Waals surface area (Å²) in [7, 11) is 0. The van der Waals surface area contributed by atoms with Gasteiger partial charge in [0.2, 0.25) is 0 Å². The van der Waals surface area contributed by atoms with Gasteiger partial charge in [-0.25, -0.2) is 0 Å². The van der Waals surface area contributed by atoms with Crippen molar-refractivity contribution in [2.75, 3.05) is 5.32 Å². The van der Waals surface area contributed by atoms with Crippen molar-refractivity contribution in [3.8, 4) is 5.75 Å². The fourth-order valence-electron chi connectivity index (χ4n) is 1.70. The number of carbonyl (C=O) groups is 1. The molecular weight excluding hydrogens is 346 g/mol. The molecule has 0 aliphatic rings. The molecule has 0 heterocycles. The first kappa shape index (κ1) is 17.1. The average Bonchev–Trinajstić information content (AvgIpc) is 2.49. The van der Waals surface area contributed by atoms with Crippen LogP contribution in [0.1, 0.15) is 10.4 Å². The molecule has 0 saturated heterocycles. The average molecular weight is 357 g/mol. The summed E-state index contributed by atoms with van der Waals surface area (Å²) in [5.41, 5.74) is 0.801. The molecule has 0 bridgehead atoms. The fraction of sp³-hybridized carbons (Fsp3) is 0.0667. The first-order valence-electron chi connectivity index (χ1n) is 6.37. The van der Waals surface area contributed by atoms with Crippen LogP contribution in [0.2, 0.25) is 5.02 Å². The molecule has 0 unspecified atom stereocenters. The van der Waals surface area contributed by atoms with Gasteiger partial charge in [-0.1, -0.05) is 23.7 Å². The minimum atomic E-state index is -2.88. The van der Waals surface area contributed by atoms with Gasteiger partial charge in [0, 0.05) is 5.69 Å². The zero-order chi connectivity index (χ0) is 16.8. The summed E-state index contributed by atoms with van der Waals surface area (Å²) in [4.78, 5) is 12.0. The molecule has 23 heavy (non-hydrogen) atoms. The number of hydrogen-bond donors (Lipinski definition) is 2. The molecule has 0 saturated carbocycles. The molecule has 120 valence electrons. The first-order chi connectivity index (χ1) is 11.0. The molecule has 0 aromatic heterocycles. The number of carbonyl (C=O) groups excluding carboxylic acids is 1. The van der Waals surface area contributed by atoms with Crippen molar-refractivity contribution in [1.82, 2.24) is 5.32 Å². The monoisotopic (exact) mass is 356 g/mol. The molecule has 2 rings (SSSR count). The lowest BCUT2D eigenvalue weighted by atomic mass is 10.2. The number of amides is 1. The zero-order valence-electron chi connectivity index (χ0n) is 11.6. The van der Waals surface area contributed by atoms with Gasteiger partial charge in [-0.2, -0.15) is 8.78 Å². The van der Waals surface area contributed by atoms with Crippen LogP contribution in [-0.4, -0.2) is 17.6 Å². The van der Waals surface area contributed by atoms with Crippen LogP contribution < -0.4 is 15.4 Å². The molecule has 0 fully saturated rings. The number of ether oxygens (including phenoxy) is 1. The minimum absolute atomic E-state index is 0.0246. The van der Waals surface area contributed by atoms with E-state index in [2.05, 4.69) is 15.4 Å². The predicted molar refractivity (Wildman–Crippen MR) is 88.2 cm³/mol. The van der Waals surface area contributed by atoms with E-state index in [9.17, 15) is 13.6 Å². The summed E-state index contributed by atoms with van der Waals surface area (Å²) >= 11 is 10.9. The van der Waals surface area contributed by atoms with Crippen molar-refractivity contribution in [3.05, 3.63) is 59.1 Å². The molecule has 8 heteroatoms. The van der Waals surface area contributed by atoms with Gasteiger partial charge in [-0.05, 0) is 48.6 Å². The summed E-state index contributed by atoms with van der Waals surface area (Å²) in [5, 5.41) is 5.59. The highest BCUT2D eigenvalue weighted by Gasteiger charge is 2.11. The minimum Gasteiger partial charge on any atom is -0.435 e. The Morgan fingerprint density at radius 1 is 1.13 bits per heavy atom. The molecule has 2 N–H and O–H groups in total. The van der Waals surface area contributed by atoms with Crippen LogP contribution >= 0.6 is 23.8 Å². The van der Waals surface area contributed by atoms with Crippen LogP contribution in [-0.2, 0) is 0 Å². The molecule has 1 amide bonds. The Labute approximate surface area is 141 Å². The molecule has 0 aliphatic carbocycles. The van der Waals surface area contributed by atoms with Gasteiger partial charge in [0.1, 0.15) is 5.75 Å². The van der Waals surface area contributed by atoms with Gasteiger partial charge >= 0.3 is 6.61 Å². The van der Waals surface area contributed by atoms with Crippen molar-refractivity contribution in [3.63, 3.8) is 0 Å². The zero-order valence-corrected chi connectivity index (χ0v) is 13.1. The Balaban J connectivity index is 1.94. The Morgan fingerprint density at radius 3 is 2.39 bits per heavy atom. The van der Waals surface area contributed by atoms with Crippen molar-refractivity contribution in [2.24, 2.45) is 0 Å². The number of halogens is 3. The summed E-state index contributed by atoms with van der Waals surface area (Å²) < 4.78 is 28.3. The Bertz CT molecular complexity index is 711. The second kappa shape index (κ2) is 7.85. The summed E-state index contributed by atoms with van der Waals surface area (Å²) in [6.07, 6.45) is 0. The molecule has 2 aromatic carbocycles. The van der Waals surface area contributed by atoms with Crippen molar-refractivity contribution in [2.45, 2.75) is 6.61 Å². The molecule has 0 radical (unpaired) electrons. The van der Waals surface area contributed by atoms with Gasteiger partial charge in [-0.3, -0.25) is 10.1 Å². The van der Waals surface area contributed by atoms with Crippen molar-refractivity contribution in [1.29, 1.82) is 0 Å². The highest BCUT2D eigenvalue weighted by atomic mass is 35.5. The number of thiocarbonyl (C=S) groups is 1. The number of benzene rings is 2. The van der Waals surface area contributed by atoms with Crippen LogP contribution in [0.5, 0.6) is 5.75 Å². The lowest BCUT2D eigenvalue weighted by Crippen LogP contribution is -2.34. The maximum atomic E-state index is 12.1. The van der Waals surface area contributed by atoms with Gasteiger partial charge in [0.05, 0.1) is 10.6 Å². The number of anilines is 1. The second-order valence-electron chi connectivity index (χ2n) is 4.29. The number of hydrogen-bond acceptors (Lipinski definition) is 3. The smallest absolute Gasteiger partial charge is 0.387 e. The second-order valence-corrected chi connectivity index (χ2v) is 5.11. The topological polar surface area (TPSA) is 50.4 Å². The van der Waals surface area contributed by atoms with E-state index >= 15 is 0 Å². The van der Waals surface area contributed by atoms with Gasteiger partial charge in [0.15, 0.2) is 5.11 Å². The predicted octanol–water partition coefficient (Wildman–Crippen LogP) is 4.07. The molecular formula is C15H11ClF2N2O2S. The number of nitrogens with one attached hydrogen (secondary N) is 2. The van der Waals surface area contributed by atoms with E-state index in [0.29, 0.717) is 16.3 Å². The molecule has 0 spiro atoms. The lowest BCUT2D eigenvalue weighted by molar-refractivity contribution is -0.0498. The SMILES string of the molecule is O=C(NC(=S)Nc1ccc(OC(F)F)cc1)c1ccccc1Cl. The first-order valence-corrected chi connectivity index (χ1v) is 7.16. The maximum absolute atomic E-state index is 12.1. The number of alkyl halides is 2. The van der Waals surface area contributed by atoms with E-state index in [1.165, 1.54) is 24.3 Å². The van der Waals surface area contributed by atoms with Crippen molar-refractivity contribution >= 4 is 40.5 Å². The summed E-state index contributed by atoms with van der Waals surface area (Å²) in [6, 6.07) is 12.2. The van der Waals surface area contributed by atoms with E-state index in [1.807, 2.05) is 0 Å². The number of rotatable bonds is 4. The van der Waals surface area contributed by atoms with Crippen LogP contribution in [0, 0.1) is 0 Å². The third-order valence-electron chi connectivity index (χ3n) is 2.68. The largest absolute Gasteiger partial charge is 0.435 e. The highest BCUT2D eigenvalue weighted by molar-refractivity contribution is 7.80. The lowest BCUT2D eigenvalue weighted by Gasteiger charge is -2.11. The van der Waals surface area contributed by atoms with Crippen LogP contribution in [0.3, 0.4) is 0 Å². The fourth-order valence-corrected chi connectivity index (χ4v) is 2.13. The molecule has 4 nitrogen and oxygen atoms in total. The van der Waals surface area contributed by atoms with Gasteiger partial charge in [0.25, 0.3) is 5.91 Å². The van der Waals surface area contributed by atoms with Crippen LogP contribution in [0.15, 0.2) is 48.5 Å². The van der Waals surface area contributed by atoms with Gasteiger partial charge in [-0.15, -0.1) is 0 Å². The molecule has 0 atom stereocenters. The van der Waals surface area contributed by atoms with E-state index in [4.69, 9.17) is 23.8 Å². The third-order valence-corrected chi connectivity index (χ3v) is 3.22. The third kappa shape index (κ3) is 5.15. The van der Waals surface area contributed by atoms with E-state index < -0.39 is 12.5 Å². The Hall–Kier alpha value is -2.25. The van der Waals surface area contributed by atoms with E-state index in [1.54, 1.807) is 24.3 Å². The van der Waals surface area contributed by atoms with Gasteiger partial charge < -0.3 is 10.1 Å². The normalized spacial score (nSPS) is 10.3. The van der Waals surface area contributed by atoms with Crippen molar-refractivity contribution < 1.29 is 18.3 Å². The van der Waals surface area contributed by atoms with Crippen LogP contribution in [0.4, 0.5) is 14.5 Å². The maximum Gasteiger partial charge on any atom is 0.387 e. The summed E-state index contributed by atoms with van der Waals surface area (Å²) in [6.45, 7) is -2.88. The highest BCUT2D eigenvalue weighted by Crippen LogP contribution is 2.18. The van der Waals surface area contributed by atoms with E-state index in [-0.39, 0.29) is 10.9 Å². The van der Waals surface area contributed by atoms with E-state index in [0.717, 1.165) is 0 Å². The Kier molecular flexibility index (Phi) is 5.84. The Morgan fingerprint density at radius 2 is 1.78 bits per heavy atom. The van der Waals surface area contributed by atoms with Crippen LogP contribution in [0.25, 0.3) is 0 Å².